The van der Waals surface area contributed by atoms with Gasteiger partial charge in [0.15, 0.2) is 0 Å². The van der Waals surface area contributed by atoms with Gasteiger partial charge in [0.25, 0.3) is 0 Å². The third-order valence-electron chi connectivity index (χ3n) is 12.9. The predicted molar refractivity (Wildman–Crippen MR) is 272 cm³/mol. The Balaban J connectivity index is 1.20. The fourth-order valence-electron chi connectivity index (χ4n) is 9.02. The normalized spacial score (nSPS) is 17.3. The van der Waals surface area contributed by atoms with E-state index < -0.39 is 11.9 Å². The molecule has 4 heterocycles. The lowest BCUT2D eigenvalue weighted by Gasteiger charge is -2.32. The molecule has 15 heteroatoms. The molecule has 67 heavy (non-hydrogen) atoms. The van der Waals surface area contributed by atoms with Crippen molar-refractivity contribution in [1.82, 2.24) is 9.80 Å². The van der Waals surface area contributed by atoms with Crippen molar-refractivity contribution < 1.29 is 29.4 Å². The van der Waals surface area contributed by atoms with Gasteiger partial charge >= 0.3 is 11.9 Å². The van der Waals surface area contributed by atoms with Crippen LogP contribution in [-0.4, -0.2) is 96.1 Å². The van der Waals surface area contributed by atoms with Crippen molar-refractivity contribution in [2.24, 2.45) is 11.8 Å². The standard InChI is InChI=1S/C52H50Cl4N4O6S/c53-47-39(13-15-45(61)59-21-3-1-4-22-59)41(35-9-7-11-37(29-35)57-25-17-33(18-26-57)51(63)64)31-43(49(47)55)67-44-32-42(36-10-8-12-38(30-36)58-27-19-34(20-28-58)52(65)66)40(48(54)50(44)56)14-16-46(62)60-23-5-2-6-24-60/h1-3,5,7-16,29-34H,4,6,17-28H2,(H,63,64)(H,65,66)/b15-13+,16-14+. The van der Waals surface area contributed by atoms with E-state index in [1.807, 2.05) is 72.8 Å². The molecule has 0 aliphatic carbocycles. The Bertz CT molecular complexity index is 2510. The van der Waals surface area contributed by atoms with E-state index in [-0.39, 0.29) is 43.7 Å². The maximum atomic E-state index is 13.4. The van der Waals surface area contributed by atoms with E-state index in [2.05, 4.69) is 22.0 Å². The smallest absolute Gasteiger partial charge is 0.306 e. The molecule has 0 saturated carbocycles. The van der Waals surface area contributed by atoms with E-state index in [4.69, 9.17) is 46.4 Å². The molecule has 10 nitrogen and oxygen atoms in total. The maximum Gasteiger partial charge on any atom is 0.306 e. The number of carbonyl (C=O) groups is 4. The summed E-state index contributed by atoms with van der Waals surface area (Å²) in [5, 5.41) is 20.2. The molecule has 0 unspecified atom stereocenters. The zero-order valence-corrected chi connectivity index (χ0v) is 40.5. The molecule has 0 spiro atoms. The van der Waals surface area contributed by atoms with Crippen molar-refractivity contribution >= 4 is 105 Å². The highest BCUT2D eigenvalue weighted by Gasteiger charge is 2.28. The number of halogens is 4. The minimum absolute atomic E-state index is 0.151. The van der Waals surface area contributed by atoms with Crippen LogP contribution in [0.4, 0.5) is 11.4 Å². The summed E-state index contributed by atoms with van der Waals surface area (Å²) in [7, 11) is 0. The molecule has 4 aliphatic heterocycles. The zero-order chi connectivity index (χ0) is 47.2. The van der Waals surface area contributed by atoms with E-state index in [1.54, 1.807) is 22.0 Å². The van der Waals surface area contributed by atoms with Gasteiger partial charge in [0.2, 0.25) is 11.8 Å². The van der Waals surface area contributed by atoms with Gasteiger partial charge in [-0.3, -0.25) is 19.2 Å². The summed E-state index contributed by atoms with van der Waals surface area (Å²) in [5.41, 5.74) is 6.04. The maximum absolute atomic E-state index is 13.4. The minimum atomic E-state index is -0.774. The lowest BCUT2D eigenvalue weighted by Crippen LogP contribution is -2.36. The Morgan fingerprint density at radius 2 is 0.940 bits per heavy atom. The summed E-state index contributed by atoms with van der Waals surface area (Å²) in [6.45, 7) is 4.63. The van der Waals surface area contributed by atoms with Crippen molar-refractivity contribution in [2.75, 3.05) is 62.2 Å². The van der Waals surface area contributed by atoms with Crippen LogP contribution in [0.15, 0.2) is 107 Å². The molecule has 8 rings (SSSR count). The molecule has 4 aromatic carbocycles. The van der Waals surface area contributed by atoms with Crippen LogP contribution in [0.2, 0.25) is 20.1 Å². The Kier molecular flexibility index (Phi) is 15.7. The molecule has 4 aliphatic rings. The number of amides is 2. The first kappa shape index (κ1) is 48.3. The number of nitrogens with zero attached hydrogens (tertiary/aromatic N) is 4. The quantitative estimate of drug-likeness (QED) is 0.106. The van der Waals surface area contributed by atoms with E-state index in [0.717, 1.165) is 35.3 Å². The number of carboxylic acids is 2. The number of hydrogen-bond donors (Lipinski definition) is 2. The van der Waals surface area contributed by atoms with Gasteiger partial charge in [-0.25, -0.2) is 0 Å². The molecule has 4 aromatic rings. The number of aliphatic carboxylic acids is 2. The fourth-order valence-corrected chi connectivity index (χ4v) is 11.2. The van der Waals surface area contributed by atoms with Crippen LogP contribution in [0.1, 0.15) is 49.7 Å². The van der Waals surface area contributed by atoms with Gasteiger partial charge in [0.05, 0.1) is 31.9 Å². The molecule has 2 amide bonds. The van der Waals surface area contributed by atoms with Gasteiger partial charge in [0.1, 0.15) is 0 Å². The number of carbonyl (C=O) groups excluding carboxylic acids is 2. The second-order valence-electron chi connectivity index (χ2n) is 17.1. The third kappa shape index (κ3) is 11.2. The van der Waals surface area contributed by atoms with E-state index >= 15 is 0 Å². The molecule has 2 N–H and O–H groups in total. The monoisotopic (exact) mass is 998 g/mol. The second kappa shape index (κ2) is 21.8. The molecule has 0 atom stereocenters. The first-order chi connectivity index (χ1) is 32.4. The van der Waals surface area contributed by atoms with Crippen molar-refractivity contribution in [2.45, 2.75) is 48.3 Å². The number of benzene rings is 4. The van der Waals surface area contributed by atoms with Crippen LogP contribution in [0.25, 0.3) is 34.4 Å². The molecule has 2 fully saturated rings. The van der Waals surface area contributed by atoms with Crippen LogP contribution >= 0.6 is 58.2 Å². The van der Waals surface area contributed by atoms with Crippen molar-refractivity contribution in [1.29, 1.82) is 0 Å². The Hall–Kier alpha value is -5.17. The molecule has 348 valence electrons. The van der Waals surface area contributed by atoms with Gasteiger partial charge in [-0.15, -0.1) is 0 Å². The van der Waals surface area contributed by atoms with Crippen LogP contribution in [-0.2, 0) is 19.2 Å². The van der Waals surface area contributed by atoms with Gasteiger partial charge in [-0.1, -0.05) is 107 Å². The highest BCUT2D eigenvalue weighted by atomic mass is 35.5. The average Bonchev–Trinajstić information content (AvgIpc) is 3.36. The topological polar surface area (TPSA) is 122 Å². The first-order valence-corrected chi connectivity index (χ1v) is 24.8. The highest BCUT2D eigenvalue weighted by Crippen LogP contribution is 2.49. The lowest BCUT2D eigenvalue weighted by molar-refractivity contribution is -0.143. The SMILES string of the molecule is O=C(O)C1CCN(c2cccc(-c3cc(Sc4cc(-c5cccc(N6CCC(C(=O)O)CC6)c5)c(/C=C/C(=O)N5CC=CCC5)c(Cl)c4Cl)c(Cl)c(Cl)c3/C=C/C(=O)N3CC=CCC3)c2)CC1. The number of hydrogen-bond acceptors (Lipinski definition) is 7. The summed E-state index contributed by atoms with van der Waals surface area (Å²) in [4.78, 5) is 59.3. The van der Waals surface area contributed by atoms with Crippen LogP contribution in [0, 0.1) is 11.8 Å². The fraction of sp³-hybridized carbons (Fsp3) is 0.308. The summed E-state index contributed by atoms with van der Waals surface area (Å²) < 4.78 is 0. The first-order valence-electron chi connectivity index (χ1n) is 22.5. The van der Waals surface area contributed by atoms with Gasteiger partial charge in [-0.05, 0) is 109 Å². The van der Waals surface area contributed by atoms with Crippen molar-refractivity contribution in [3.8, 4) is 22.3 Å². The van der Waals surface area contributed by atoms with Gasteiger partial charge < -0.3 is 29.8 Å². The summed E-state index contributed by atoms with van der Waals surface area (Å²) in [6.07, 6.45) is 18.3. The number of anilines is 2. The van der Waals surface area contributed by atoms with Crippen molar-refractivity contribution in [3.63, 3.8) is 0 Å². The van der Waals surface area contributed by atoms with Crippen LogP contribution in [0.5, 0.6) is 0 Å². The van der Waals surface area contributed by atoms with Crippen molar-refractivity contribution in [3.05, 3.63) is 128 Å². The third-order valence-corrected chi connectivity index (χ3v) is 16.0. The van der Waals surface area contributed by atoms with E-state index in [1.165, 1.54) is 23.9 Å². The van der Waals surface area contributed by atoms with E-state index in [0.29, 0.717) is 110 Å². The average molecular weight is 1000 g/mol. The highest BCUT2D eigenvalue weighted by molar-refractivity contribution is 7.99. The Morgan fingerprint density at radius 3 is 1.30 bits per heavy atom. The second-order valence-corrected chi connectivity index (χ2v) is 19.7. The van der Waals surface area contributed by atoms with Gasteiger partial charge in [-0.2, -0.15) is 0 Å². The number of piperidine rings is 2. The molecule has 0 radical (unpaired) electrons. The molecular formula is C52H50Cl4N4O6S. The molecular weight excluding hydrogens is 950 g/mol. The molecule has 0 bridgehead atoms. The molecule has 2 saturated heterocycles. The summed E-state index contributed by atoms with van der Waals surface area (Å²) in [5.74, 6) is -2.60. The number of rotatable bonds is 12. The Morgan fingerprint density at radius 1 is 0.537 bits per heavy atom. The van der Waals surface area contributed by atoms with E-state index in [9.17, 15) is 29.4 Å². The minimum Gasteiger partial charge on any atom is -0.481 e. The summed E-state index contributed by atoms with van der Waals surface area (Å²) >= 11 is 30.2. The largest absolute Gasteiger partial charge is 0.481 e. The zero-order valence-electron chi connectivity index (χ0n) is 36.7. The van der Waals surface area contributed by atoms with Crippen LogP contribution < -0.4 is 9.80 Å². The molecule has 0 aromatic heterocycles. The summed E-state index contributed by atoms with van der Waals surface area (Å²) in [6, 6.07) is 19.8. The Labute approximate surface area is 415 Å². The predicted octanol–water partition coefficient (Wildman–Crippen LogP) is 12.0. The lowest BCUT2D eigenvalue weighted by atomic mass is 9.95. The number of carboxylic acid groups (broad SMARTS) is 2. The van der Waals surface area contributed by atoms with Gasteiger partial charge in [0, 0.05) is 96.8 Å². The van der Waals surface area contributed by atoms with Crippen LogP contribution in [0.3, 0.4) is 0 Å².